The number of halogens is 1. The van der Waals surface area contributed by atoms with Gasteiger partial charge in [-0.05, 0) is 12.0 Å². The molecule has 1 aromatic rings. The van der Waals surface area contributed by atoms with E-state index < -0.39 is 36.1 Å². The molecule has 5 N–H and O–H groups in total. The maximum absolute atomic E-state index is 14.1. The van der Waals surface area contributed by atoms with E-state index in [1.807, 2.05) is 5.92 Å². The van der Waals surface area contributed by atoms with E-state index in [0.29, 0.717) is 4.57 Å². The van der Waals surface area contributed by atoms with Crippen LogP contribution in [-0.4, -0.2) is 49.5 Å². The average molecular weight is 285 g/mol. The number of hydrogen-bond donors (Lipinski definition) is 4. The van der Waals surface area contributed by atoms with Crippen LogP contribution in [0, 0.1) is 12.3 Å². The van der Waals surface area contributed by atoms with Crippen molar-refractivity contribution >= 4 is 5.82 Å². The summed E-state index contributed by atoms with van der Waals surface area (Å²) >= 11 is 0. The number of rotatable bonds is 2. The minimum atomic E-state index is -3.01. The van der Waals surface area contributed by atoms with Crippen molar-refractivity contribution < 1.29 is 24.4 Å². The molecule has 0 aliphatic carbocycles. The summed E-state index contributed by atoms with van der Waals surface area (Å²) in [6.07, 6.45) is 2.13. The molecule has 0 aromatic carbocycles. The Morgan fingerprint density at radius 3 is 2.70 bits per heavy atom. The molecule has 0 amide bonds. The summed E-state index contributed by atoms with van der Waals surface area (Å²) in [4.78, 5) is 15.1. The van der Waals surface area contributed by atoms with Gasteiger partial charge in [-0.2, -0.15) is 4.98 Å². The van der Waals surface area contributed by atoms with Gasteiger partial charge in [-0.25, -0.2) is 9.18 Å². The van der Waals surface area contributed by atoms with Gasteiger partial charge in [0.25, 0.3) is 5.85 Å². The summed E-state index contributed by atoms with van der Waals surface area (Å²) in [6.45, 7) is -1.26. The van der Waals surface area contributed by atoms with Gasteiger partial charge in [0.15, 0.2) is 0 Å². The molecule has 1 aliphatic heterocycles. The van der Waals surface area contributed by atoms with Gasteiger partial charge in [-0.15, -0.1) is 6.42 Å². The number of aromatic nitrogens is 2. The summed E-state index contributed by atoms with van der Waals surface area (Å²) in [5.41, 5.74) is 1.97. The van der Waals surface area contributed by atoms with Gasteiger partial charge in [0.2, 0.25) is 5.72 Å². The molecule has 0 bridgehead atoms. The molecule has 1 aromatic heterocycles. The maximum Gasteiger partial charge on any atom is 0.352 e. The van der Waals surface area contributed by atoms with Gasteiger partial charge in [0, 0.05) is 6.20 Å². The van der Waals surface area contributed by atoms with Gasteiger partial charge in [-0.3, -0.25) is 4.57 Å². The highest BCUT2D eigenvalue weighted by Gasteiger charge is 2.64. The number of ether oxygens (including phenoxy) is 1. The van der Waals surface area contributed by atoms with Crippen LogP contribution in [0.15, 0.2) is 17.1 Å². The third-order valence-electron chi connectivity index (χ3n) is 3.07. The van der Waals surface area contributed by atoms with Crippen LogP contribution in [0.4, 0.5) is 10.2 Å². The molecule has 4 atom stereocenters. The third-order valence-corrected chi connectivity index (χ3v) is 3.07. The first kappa shape index (κ1) is 14.4. The number of aliphatic hydroxyl groups excluding tert-OH is 3. The molecule has 108 valence electrons. The molecule has 1 aliphatic rings. The topological polar surface area (TPSA) is 131 Å². The maximum atomic E-state index is 14.1. The van der Waals surface area contributed by atoms with Crippen molar-refractivity contribution in [2.24, 2.45) is 0 Å². The van der Waals surface area contributed by atoms with Crippen LogP contribution < -0.4 is 11.4 Å². The van der Waals surface area contributed by atoms with Crippen LogP contribution in [0.5, 0.6) is 0 Å². The van der Waals surface area contributed by atoms with E-state index in [1.165, 1.54) is 6.07 Å². The fourth-order valence-electron chi connectivity index (χ4n) is 2.00. The predicted molar refractivity (Wildman–Crippen MR) is 63.7 cm³/mol. The molecule has 0 saturated carbocycles. The Bertz CT molecular complexity index is 629. The van der Waals surface area contributed by atoms with Crippen LogP contribution in [0.3, 0.4) is 0 Å². The van der Waals surface area contributed by atoms with Crippen LogP contribution >= 0.6 is 0 Å². The van der Waals surface area contributed by atoms with Crippen molar-refractivity contribution in [1.82, 2.24) is 9.55 Å². The van der Waals surface area contributed by atoms with Crippen molar-refractivity contribution in [3.05, 3.63) is 22.7 Å². The van der Waals surface area contributed by atoms with Gasteiger partial charge < -0.3 is 25.8 Å². The van der Waals surface area contributed by atoms with Gasteiger partial charge in [0.1, 0.15) is 24.6 Å². The Labute approximate surface area is 112 Å². The summed E-state index contributed by atoms with van der Waals surface area (Å²) in [5, 5.41) is 28.5. The predicted octanol–water partition coefficient (Wildman–Crippen LogP) is -2.48. The van der Waals surface area contributed by atoms with Gasteiger partial charge >= 0.3 is 5.69 Å². The van der Waals surface area contributed by atoms with Crippen LogP contribution in [0.25, 0.3) is 0 Å². The standard InChI is InChI=1S/C11H12FN3O5/c1-2-11(15-4-3-6(13)14-9(15)19)8(18)7(17)10(12,5-16)20-11/h1,3-4,7-8,16-18H,5H2,(H2,13,14,19)/t7-,8+,10+,11+/m0/s1. The highest BCUT2D eigenvalue weighted by molar-refractivity contribution is 5.26. The number of aliphatic hydroxyl groups is 3. The van der Waals surface area contributed by atoms with E-state index in [0.717, 1.165) is 6.20 Å². The average Bonchev–Trinajstić information content (AvgIpc) is 2.62. The molecule has 1 fully saturated rings. The normalized spacial score (nSPS) is 36.8. The number of alkyl halides is 1. The second kappa shape index (κ2) is 4.53. The molecule has 8 nitrogen and oxygen atoms in total. The Morgan fingerprint density at radius 1 is 1.60 bits per heavy atom. The van der Waals surface area contributed by atoms with Crippen LogP contribution in [0.1, 0.15) is 0 Å². The number of terminal acetylenes is 1. The number of nitrogens with zero attached hydrogens (tertiary/aromatic N) is 2. The molecule has 9 heteroatoms. The smallest absolute Gasteiger partial charge is 0.352 e. The lowest BCUT2D eigenvalue weighted by Crippen LogP contribution is -2.49. The zero-order valence-corrected chi connectivity index (χ0v) is 10.1. The van der Waals surface area contributed by atoms with Crippen molar-refractivity contribution in [2.45, 2.75) is 23.8 Å². The first-order valence-corrected chi connectivity index (χ1v) is 5.50. The minimum absolute atomic E-state index is 0.111. The van der Waals surface area contributed by atoms with Gasteiger partial charge in [0.05, 0.1) is 0 Å². The Morgan fingerprint density at radius 2 is 2.25 bits per heavy atom. The molecule has 0 radical (unpaired) electrons. The molecule has 0 unspecified atom stereocenters. The van der Waals surface area contributed by atoms with Crippen molar-refractivity contribution in [2.75, 3.05) is 12.3 Å². The first-order chi connectivity index (χ1) is 9.30. The van der Waals surface area contributed by atoms with E-state index in [-0.39, 0.29) is 5.82 Å². The summed E-state index contributed by atoms with van der Waals surface area (Å²) in [5.74, 6) is -1.20. The monoisotopic (exact) mass is 285 g/mol. The molecular weight excluding hydrogens is 273 g/mol. The van der Waals surface area contributed by atoms with E-state index >= 15 is 0 Å². The minimum Gasteiger partial charge on any atom is -0.390 e. The summed E-state index contributed by atoms with van der Waals surface area (Å²) in [7, 11) is 0. The third kappa shape index (κ3) is 1.78. The van der Waals surface area contributed by atoms with Crippen molar-refractivity contribution in [3.8, 4) is 12.3 Å². The Kier molecular flexibility index (Phi) is 3.27. The first-order valence-electron chi connectivity index (χ1n) is 5.50. The number of anilines is 1. The van der Waals surface area contributed by atoms with E-state index in [2.05, 4.69) is 4.98 Å². The van der Waals surface area contributed by atoms with E-state index in [1.54, 1.807) is 0 Å². The second-order valence-corrected chi connectivity index (χ2v) is 4.28. The number of hydrogen-bond acceptors (Lipinski definition) is 7. The number of nitrogens with two attached hydrogens (primary N) is 1. The SMILES string of the molecule is C#C[C@@]1(n2ccc(N)nc2=O)O[C@](F)(CO)[C@@H](O)[C@H]1O. The lowest BCUT2D eigenvalue weighted by atomic mass is 10.0. The second-order valence-electron chi connectivity index (χ2n) is 4.28. The lowest BCUT2D eigenvalue weighted by Gasteiger charge is -2.28. The zero-order valence-electron chi connectivity index (χ0n) is 10.1. The lowest BCUT2D eigenvalue weighted by molar-refractivity contribution is -0.227. The highest BCUT2D eigenvalue weighted by atomic mass is 19.2. The quantitative estimate of drug-likeness (QED) is 0.442. The van der Waals surface area contributed by atoms with Crippen LogP contribution in [-0.2, 0) is 10.5 Å². The highest BCUT2D eigenvalue weighted by Crippen LogP contribution is 2.41. The summed E-state index contributed by atoms with van der Waals surface area (Å²) in [6, 6.07) is 1.18. The number of nitrogen functional groups attached to an aromatic ring is 1. The van der Waals surface area contributed by atoms with Crippen molar-refractivity contribution in [1.29, 1.82) is 0 Å². The van der Waals surface area contributed by atoms with Crippen LogP contribution in [0.2, 0.25) is 0 Å². The van der Waals surface area contributed by atoms with E-state index in [4.69, 9.17) is 22.0 Å². The fourth-order valence-corrected chi connectivity index (χ4v) is 2.00. The molecule has 1 saturated heterocycles. The zero-order chi connectivity index (χ0) is 15.1. The van der Waals surface area contributed by atoms with Crippen molar-refractivity contribution in [3.63, 3.8) is 0 Å². The summed E-state index contributed by atoms with van der Waals surface area (Å²) < 4.78 is 19.5. The molecule has 2 rings (SSSR count). The molecule has 0 spiro atoms. The molecular formula is C11H12FN3O5. The largest absolute Gasteiger partial charge is 0.390 e. The Balaban J connectivity index is 2.62. The van der Waals surface area contributed by atoms with Gasteiger partial charge in [-0.1, -0.05) is 0 Å². The Hall–Kier alpha value is -1.99. The fraction of sp³-hybridized carbons (Fsp3) is 0.455. The molecule has 2 heterocycles. The molecule has 20 heavy (non-hydrogen) atoms. The van der Waals surface area contributed by atoms with E-state index in [9.17, 15) is 19.4 Å².